The monoisotopic (exact) mass is 172 g/mol. The quantitative estimate of drug-likeness (QED) is 0.520. The Morgan fingerprint density at radius 2 is 2.00 bits per heavy atom. The van der Waals surface area contributed by atoms with Crippen molar-refractivity contribution in [1.29, 1.82) is 0 Å². The van der Waals surface area contributed by atoms with Gasteiger partial charge in [0.1, 0.15) is 12.2 Å². The van der Waals surface area contributed by atoms with Crippen LogP contribution in [0.15, 0.2) is 0 Å². The zero-order chi connectivity index (χ0) is 8.72. The number of hydrogen-bond acceptors (Lipinski definition) is 4. The number of carbonyl (C=O) groups excluding carboxylic acids is 1. The second-order valence-electron chi connectivity index (χ2n) is 3.45. The highest BCUT2D eigenvalue weighted by atomic mass is 16.7. The van der Waals surface area contributed by atoms with Gasteiger partial charge in [0.05, 0.1) is 5.92 Å². The number of hydrogen-bond donors (Lipinski definition) is 2. The molecule has 0 spiro atoms. The number of rotatable bonds is 1. The fraction of sp³-hybridized carbons (Fsp3) is 0.875. The first-order valence-corrected chi connectivity index (χ1v) is 4.25. The molecule has 2 aliphatic rings. The SMILES string of the molecule is O=C1C(O)CCCC1C1OC1O. The summed E-state index contributed by atoms with van der Waals surface area (Å²) in [7, 11) is 0. The summed E-state index contributed by atoms with van der Waals surface area (Å²) in [5.74, 6) is -0.438. The van der Waals surface area contributed by atoms with Gasteiger partial charge in [-0.25, -0.2) is 0 Å². The Morgan fingerprint density at radius 3 is 2.58 bits per heavy atom. The number of carbonyl (C=O) groups is 1. The number of Topliss-reactive ketones (excluding diaryl/α,β-unsaturated/α-hetero) is 1. The van der Waals surface area contributed by atoms with Crippen LogP contribution in [0.2, 0.25) is 0 Å². The second-order valence-corrected chi connectivity index (χ2v) is 3.45. The minimum Gasteiger partial charge on any atom is -0.385 e. The molecule has 1 aliphatic carbocycles. The normalized spacial score (nSPS) is 47.7. The second kappa shape index (κ2) is 2.80. The van der Waals surface area contributed by atoms with Gasteiger partial charge in [-0.2, -0.15) is 0 Å². The maximum absolute atomic E-state index is 11.3. The molecule has 1 saturated heterocycles. The van der Waals surface area contributed by atoms with Crippen molar-refractivity contribution in [2.45, 2.75) is 37.8 Å². The summed E-state index contributed by atoms with van der Waals surface area (Å²) < 4.78 is 4.80. The Labute approximate surface area is 70.1 Å². The largest absolute Gasteiger partial charge is 0.385 e. The summed E-state index contributed by atoms with van der Waals surface area (Å²) in [6.07, 6.45) is 0.178. The molecule has 0 bridgehead atoms. The Morgan fingerprint density at radius 1 is 1.33 bits per heavy atom. The van der Waals surface area contributed by atoms with E-state index in [9.17, 15) is 9.90 Å². The third-order valence-corrected chi connectivity index (χ3v) is 2.58. The van der Waals surface area contributed by atoms with Crippen LogP contribution in [-0.2, 0) is 9.53 Å². The zero-order valence-corrected chi connectivity index (χ0v) is 6.64. The molecule has 4 nitrogen and oxygen atoms in total. The molecule has 2 N–H and O–H groups in total. The lowest BCUT2D eigenvalue weighted by Gasteiger charge is -2.22. The topological polar surface area (TPSA) is 70.1 Å². The molecule has 68 valence electrons. The van der Waals surface area contributed by atoms with E-state index in [0.717, 1.165) is 12.8 Å². The molecule has 12 heavy (non-hydrogen) atoms. The number of aliphatic hydroxyl groups is 2. The van der Waals surface area contributed by atoms with Gasteiger partial charge in [-0.1, -0.05) is 0 Å². The van der Waals surface area contributed by atoms with Crippen molar-refractivity contribution >= 4 is 5.78 Å². The number of epoxide rings is 1. The molecule has 4 unspecified atom stereocenters. The molecular formula is C8H12O4. The molecule has 1 saturated carbocycles. The zero-order valence-electron chi connectivity index (χ0n) is 6.64. The van der Waals surface area contributed by atoms with Crippen LogP contribution in [0.25, 0.3) is 0 Å². The summed E-state index contributed by atoms with van der Waals surface area (Å²) in [6.45, 7) is 0. The van der Waals surface area contributed by atoms with Crippen LogP contribution in [0.1, 0.15) is 19.3 Å². The van der Waals surface area contributed by atoms with Crippen LogP contribution in [-0.4, -0.2) is 34.5 Å². The van der Waals surface area contributed by atoms with Gasteiger partial charge in [0, 0.05) is 0 Å². The van der Waals surface area contributed by atoms with E-state index < -0.39 is 12.4 Å². The molecule has 4 heteroatoms. The smallest absolute Gasteiger partial charge is 0.182 e. The van der Waals surface area contributed by atoms with Crippen LogP contribution in [0, 0.1) is 5.92 Å². The van der Waals surface area contributed by atoms with Gasteiger partial charge in [-0.3, -0.25) is 4.79 Å². The van der Waals surface area contributed by atoms with Gasteiger partial charge in [-0.15, -0.1) is 0 Å². The lowest BCUT2D eigenvalue weighted by molar-refractivity contribution is -0.134. The van der Waals surface area contributed by atoms with Crippen molar-refractivity contribution in [2.75, 3.05) is 0 Å². The fourth-order valence-electron chi connectivity index (χ4n) is 1.80. The van der Waals surface area contributed by atoms with Gasteiger partial charge in [0.25, 0.3) is 0 Å². The Kier molecular flexibility index (Phi) is 1.90. The van der Waals surface area contributed by atoms with Crippen LogP contribution in [0.4, 0.5) is 0 Å². The predicted molar refractivity (Wildman–Crippen MR) is 39.2 cm³/mol. The molecular weight excluding hydrogens is 160 g/mol. The summed E-state index contributed by atoms with van der Waals surface area (Å²) in [6, 6.07) is 0. The summed E-state index contributed by atoms with van der Waals surface area (Å²) >= 11 is 0. The van der Waals surface area contributed by atoms with E-state index in [4.69, 9.17) is 9.84 Å². The van der Waals surface area contributed by atoms with E-state index in [1.54, 1.807) is 0 Å². The Balaban J connectivity index is 2.00. The molecule has 1 aliphatic heterocycles. The van der Waals surface area contributed by atoms with Crippen LogP contribution >= 0.6 is 0 Å². The molecule has 2 fully saturated rings. The highest BCUT2D eigenvalue weighted by molar-refractivity contribution is 5.86. The molecule has 0 aromatic rings. The average molecular weight is 172 g/mol. The first kappa shape index (κ1) is 8.16. The molecule has 0 aromatic carbocycles. The molecule has 0 radical (unpaired) electrons. The first-order chi connectivity index (χ1) is 5.70. The Hall–Kier alpha value is -0.450. The lowest BCUT2D eigenvalue weighted by atomic mass is 9.84. The van der Waals surface area contributed by atoms with E-state index in [2.05, 4.69) is 0 Å². The van der Waals surface area contributed by atoms with Crippen molar-refractivity contribution in [3.63, 3.8) is 0 Å². The maximum atomic E-state index is 11.3. The third-order valence-electron chi connectivity index (χ3n) is 2.58. The first-order valence-electron chi connectivity index (χ1n) is 4.25. The lowest BCUT2D eigenvalue weighted by Crippen LogP contribution is -2.35. The van der Waals surface area contributed by atoms with Gasteiger partial charge >= 0.3 is 0 Å². The number of ketones is 1. The maximum Gasteiger partial charge on any atom is 0.182 e. The van der Waals surface area contributed by atoms with Crippen molar-refractivity contribution < 1.29 is 19.7 Å². The van der Waals surface area contributed by atoms with Crippen molar-refractivity contribution in [3.8, 4) is 0 Å². The minimum absolute atomic E-state index is 0.164. The highest BCUT2D eigenvalue weighted by Crippen LogP contribution is 2.35. The van der Waals surface area contributed by atoms with Crippen molar-refractivity contribution in [3.05, 3.63) is 0 Å². The Bertz CT molecular complexity index is 203. The fourth-order valence-corrected chi connectivity index (χ4v) is 1.80. The van der Waals surface area contributed by atoms with E-state index in [0.29, 0.717) is 6.42 Å². The minimum atomic E-state index is -0.833. The van der Waals surface area contributed by atoms with Gasteiger partial charge in [-0.05, 0) is 19.3 Å². The number of aliphatic hydroxyl groups excluding tert-OH is 2. The molecule has 0 amide bonds. The summed E-state index contributed by atoms with van der Waals surface area (Å²) in [4.78, 5) is 11.3. The molecule has 4 atom stereocenters. The molecule has 0 aromatic heterocycles. The standard InChI is InChI=1S/C8H12O4/c9-5-3-1-2-4(6(5)10)7-8(11)12-7/h4-5,7-9,11H,1-3H2. The van der Waals surface area contributed by atoms with Gasteiger partial charge in [0.2, 0.25) is 0 Å². The third kappa shape index (κ3) is 1.26. The van der Waals surface area contributed by atoms with Gasteiger partial charge in [0.15, 0.2) is 12.1 Å². The van der Waals surface area contributed by atoms with Crippen molar-refractivity contribution in [1.82, 2.24) is 0 Å². The molecule has 2 rings (SSSR count). The van der Waals surface area contributed by atoms with E-state index in [1.165, 1.54) is 0 Å². The molecule has 1 heterocycles. The van der Waals surface area contributed by atoms with E-state index in [1.807, 2.05) is 0 Å². The van der Waals surface area contributed by atoms with Crippen molar-refractivity contribution in [2.24, 2.45) is 5.92 Å². The number of ether oxygens (including phenoxy) is 1. The average Bonchev–Trinajstić information content (AvgIpc) is 2.73. The summed E-state index contributed by atoms with van der Waals surface area (Å²) in [5.41, 5.74) is 0. The van der Waals surface area contributed by atoms with Crippen LogP contribution < -0.4 is 0 Å². The van der Waals surface area contributed by atoms with E-state index in [-0.39, 0.29) is 17.8 Å². The van der Waals surface area contributed by atoms with Crippen LogP contribution in [0.5, 0.6) is 0 Å². The highest BCUT2D eigenvalue weighted by Gasteiger charge is 2.49. The predicted octanol–water partition coefficient (Wildman–Crippen LogP) is -0.566. The van der Waals surface area contributed by atoms with E-state index >= 15 is 0 Å². The van der Waals surface area contributed by atoms with Gasteiger partial charge < -0.3 is 14.9 Å². The summed E-state index contributed by atoms with van der Waals surface area (Å²) in [5, 5.41) is 18.2. The van der Waals surface area contributed by atoms with Crippen LogP contribution in [0.3, 0.4) is 0 Å².